The van der Waals surface area contributed by atoms with Crippen molar-refractivity contribution in [2.45, 2.75) is 19.9 Å². The van der Waals surface area contributed by atoms with E-state index in [4.69, 9.17) is 0 Å². The summed E-state index contributed by atoms with van der Waals surface area (Å²) in [6, 6.07) is 5.54. The van der Waals surface area contributed by atoms with E-state index in [1.165, 1.54) is 0 Å². The van der Waals surface area contributed by atoms with Crippen molar-refractivity contribution in [3.63, 3.8) is 0 Å². The number of aryl methyl sites for hydroxylation is 1. The Morgan fingerprint density at radius 2 is 2.08 bits per heavy atom. The lowest BCUT2D eigenvalue weighted by molar-refractivity contribution is 0.601. The van der Waals surface area contributed by atoms with E-state index >= 15 is 0 Å². The summed E-state index contributed by atoms with van der Waals surface area (Å²) >= 11 is 0. The molecule has 0 spiro atoms. The van der Waals surface area contributed by atoms with Crippen LogP contribution >= 0.6 is 0 Å². The van der Waals surface area contributed by atoms with E-state index in [1.54, 1.807) is 19.1 Å². The van der Waals surface area contributed by atoms with Gasteiger partial charge in [-0.15, -0.1) is 0 Å². The number of hydrogen-bond acceptors (Lipinski definition) is 1. The molecule has 0 saturated carbocycles. The third-order valence-electron chi connectivity index (χ3n) is 2.13. The highest BCUT2D eigenvalue weighted by atomic mass is 19.1. The summed E-state index contributed by atoms with van der Waals surface area (Å²) in [5.74, 6) is -0.130. The molecule has 1 atom stereocenters. The Labute approximate surface area is 72.6 Å². The van der Waals surface area contributed by atoms with E-state index < -0.39 is 0 Å². The average Bonchev–Trinajstić information content (AvgIpc) is 2.08. The molecule has 0 aromatic heterocycles. The largest absolute Gasteiger partial charge is 0.313 e. The van der Waals surface area contributed by atoms with Gasteiger partial charge in [0.05, 0.1) is 0 Å². The molecule has 0 aliphatic heterocycles. The van der Waals surface area contributed by atoms with Gasteiger partial charge >= 0.3 is 0 Å². The molecule has 12 heavy (non-hydrogen) atoms. The van der Waals surface area contributed by atoms with Gasteiger partial charge in [0.2, 0.25) is 0 Å². The van der Waals surface area contributed by atoms with Crippen LogP contribution in [0.1, 0.15) is 24.1 Å². The number of rotatable bonds is 2. The van der Waals surface area contributed by atoms with Crippen LogP contribution in [-0.2, 0) is 0 Å². The lowest BCUT2D eigenvalue weighted by atomic mass is 10.1. The third kappa shape index (κ3) is 1.83. The number of nitrogens with one attached hydrogen (secondary N) is 1. The maximum absolute atomic E-state index is 13.0. The molecule has 0 saturated heterocycles. The topological polar surface area (TPSA) is 12.0 Å². The molecule has 0 bridgehead atoms. The minimum Gasteiger partial charge on any atom is -0.313 e. The van der Waals surface area contributed by atoms with Crippen LogP contribution in [0.5, 0.6) is 0 Å². The second kappa shape index (κ2) is 3.68. The first-order valence-electron chi connectivity index (χ1n) is 4.08. The van der Waals surface area contributed by atoms with Gasteiger partial charge < -0.3 is 5.32 Å². The molecule has 1 rings (SSSR count). The standard InChI is InChI=1S/C10H14FN/c1-7-4-5-9(6-10(7)11)8(2)12-3/h4-6,8,12H,1-3H3/t8-/m1/s1. The number of hydrogen-bond donors (Lipinski definition) is 1. The smallest absolute Gasteiger partial charge is 0.126 e. The van der Waals surface area contributed by atoms with Gasteiger partial charge in [0.15, 0.2) is 0 Å². The third-order valence-corrected chi connectivity index (χ3v) is 2.13. The predicted molar refractivity (Wildman–Crippen MR) is 48.6 cm³/mol. The van der Waals surface area contributed by atoms with Crippen LogP contribution in [-0.4, -0.2) is 7.05 Å². The van der Waals surface area contributed by atoms with E-state index in [2.05, 4.69) is 5.32 Å². The molecule has 2 heteroatoms. The summed E-state index contributed by atoms with van der Waals surface area (Å²) in [6.45, 7) is 3.77. The summed E-state index contributed by atoms with van der Waals surface area (Å²) in [7, 11) is 1.86. The van der Waals surface area contributed by atoms with Crippen LogP contribution < -0.4 is 5.32 Å². The second-order valence-electron chi connectivity index (χ2n) is 3.02. The maximum Gasteiger partial charge on any atom is 0.126 e. The number of halogens is 1. The Morgan fingerprint density at radius 1 is 1.42 bits per heavy atom. The molecule has 1 aromatic rings. The minimum absolute atomic E-state index is 0.130. The van der Waals surface area contributed by atoms with Crippen molar-refractivity contribution in [1.29, 1.82) is 0 Å². The van der Waals surface area contributed by atoms with Crippen molar-refractivity contribution in [1.82, 2.24) is 5.32 Å². The van der Waals surface area contributed by atoms with E-state index in [9.17, 15) is 4.39 Å². The second-order valence-corrected chi connectivity index (χ2v) is 3.02. The summed E-state index contributed by atoms with van der Waals surface area (Å²) in [5, 5.41) is 3.06. The van der Waals surface area contributed by atoms with Crippen molar-refractivity contribution in [2.75, 3.05) is 7.05 Å². The van der Waals surface area contributed by atoms with Gasteiger partial charge in [-0.05, 0) is 38.1 Å². The van der Waals surface area contributed by atoms with Crippen LogP contribution in [0.4, 0.5) is 4.39 Å². The molecule has 1 aromatic carbocycles. The summed E-state index contributed by atoms with van der Waals surface area (Å²) < 4.78 is 13.0. The molecular weight excluding hydrogens is 153 g/mol. The zero-order chi connectivity index (χ0) is 9.14. The normalized spacial score (nSPS) is 13.0. The van der Waals surface area contributed by atoms with Crippen molar-refractivity contribution in [2.24, 2.45) is 0 Å². The van der Waals surface area contributed by atoms with Gasteiger partial charge in [-0.3, -0.25) is 0 Å². The van der Waals surface area contributed by atoms with E-state index in [-0.39, 0.29) is 11.9 Å². The SMILES string of the molecule is CN[C@H](C)c1ccc(C)c(F)c1. The zero-order valence-corrected chi connectivity index (χ0v) is 7.69. The average molecular weight is 167 g/mol. The Bertz CT molecular complexity index is 271. The Hall–Kier alpha value is -0.890. The summed E-state index contributed by atoms with van der Waals surface area (Å²) in [4.78, 5) is 0. The van der Waals surface area contributed by atoms with Crippen LogP contribution in [0.15, 0.2) is 18.2 Å². The van der Waals surface area contributed by atoms with Crippen molar-refractivity contribution < 1.29 is 4.39 Å². The summed E-state index contributed by atoms with van der Waals surface area (Å²) in [6.07, 6.45) is 0. The van der Waals surface area contributed by atoms with Gasteiger partial charge in [0.1, 0.15) is 5.82 Å². The predicted octanol–water partition coefficient (Wildman–Crippen LogP) is 2.41. The van der Waals surface area contributed by atoms with E-state index in [0.717, 1.165) is 5.56 Å². The lowest BCUT2D eigenvalue weighted by Crippen LogP contribution is -2.12. The maximum atomic E-state index is 13.0. The fourth-order valence-electron chi connectivity index (χ4n) is 1.05. The van der Waals surface area contributed by atoms with Gasteiger partial charge in [-0.25, -0.2) is 4.39 Å². The molecule has 1 N–H and O–H groups in total. The molecule has 0 heterocycles. The Kier molecular flexibility index (Phi) is 2.82. The molecule has 0 radical (unpaired) electrons. The fraction of sp³-hybridized carbons (Fsp3) is 0.400. The Morgan fingerprint density at radius 3 is 2.58 bits per heavy atom. The van der Waals surface area contributed by atoms with E-state index in [0.29, 0.717) is 5.56 Å². The highest BCUT2D eigenvalue weighted by molar-refractivity contribution is 5.25. The molecule has 0 aliphatic rings. The monoisotopic (exact) mass is 167 g/mol. The van der Waals surface area contributed by atoms with Crippen molar-refractivity contribution in [3.05, 3.63) is 35.1 Å². The van der Waals surface area contributed by atoms with Crippen LogP contribution in [0.2, 0.25) is 0 Å². The first-order valence-corrected chi connectivity index (χ1v) is 4.08. The van der Waals surface area contributed by atoms with Crippen LogP contribution in [0.3, 0.4) is 0 Å². The van der Waals surface area contributed by atoms with Gasteiger partial charge in [0.25, 0.3) is 0 Å². The number of benzene rings is 1. The first kappa shape index (κ1) is 9.20. The highest BCUT2D eigenvalue weighted by Crippen LogP contribution is 2.15. The van der Waals surface area contributed by atoms with E-state index in [1.807, 2.05) is 20.0 Å². The minimum atomic E-state index is -0.130. The quantitative estimate of drug-likeness (QED) is 0.713. The zero-order valence-electron chi connectivity index (χ0n) is 7.69. The van der Waals surface area contributed by atoms with Gasteiger partial charge in [-0.1, -0.05) is 12.1 Å². The summed E-state index contributed by atoms with van der Waals surface area (Å²) in [5.41, 5.74) is 1.68. The van der Waals surface area contributed by atoms with Gasteiger partial charge in [-0.2, -0.15) is 0 Å². The molecule has 0 amide bonds. The highest BCUT2D eigenvalue weighted by Gasteiger charge is 2.04. The van der Waals surface area contributed by atoms with Crippen LogP contribution in [0.25, 0.3) is 0 Å². The molecular formula is C10H14FN. The van der Waals surface area contributed by atoms with Gasteiger partial charge in [0, 0.05) is 6.04 Å². The molecule has 1 nitrogen and oxygen atoms in total. The lowest BCUT2D eigenvalue weighted by Gasteiger charge is -2.10. The molecule has 66 valence electrons. The molecule has 0 unspecified atom stereocenters. The van der Waals surface area contributed by atoms with Crippen LogP contribution in [0, 0.1) is 12.7 Å². The van der Waals surface area contributed by atoms with Crippen molar-refractivity contribution >= 4 is 0 Å². The molecule has 0 aliphatic carbocycles. The fourth-order valence-corrected chi connectivity index (χ4v) is 1.05. The molecule has 0 fully saturated rings. The Balaban J connectivity index is 2.96. The first-order chi connectivity index (χ1) is 5.65. The van der Waals surface area contributed by atoms with Crippen molar-refractivity contribution in [3.8, 4) is 0 Å².